The molecule has 2 rings (SSSR count). The van der Waals surface area contributed by atoms with Crippen molar-refractivity contribution in [2.24, 2.45) is 0 Å². The summed E-state index contributed by atoms with van der Waals surface area (Å²) in [5.74, 6) is 0.266. The van der Waals surface area contributed by atoms with E-state index in [9.17, 15) is 4.79 Å². The molecule has 0 aromatic carbocycles. The summed E-state index contributed by atoms with van der Waals surface area (Å²) in [6, 6.07) is 0. The maximum Gasteiger partial charge on any atom is 0.236 e. The predicted molar refractivity (Wildman–Crippen MR) is 61.3 cm³/mol. The maximum absolute atomic E-state index is 11.9. The van der Waals surface area contributed by atoms with E-state index in [0.717, 1.165) is 39.3 Å². The molecule has 2 aliphatic heterocycles. The molecule has 0 aromatic heterocycles. The van der Waals surface area contributed by atoms with Crippen LogP contribution in [-0.2, 0) is 9.53 Å². The van der Waals surface area contributed by atoms with E-state index >= 15 is 0 Å². The quantitative estimate of drug-likeness (QED) is 0.625. The normalized spacial score (nSPS) is 24.5. The van der Waals surface area contributed by atoms with Crippen LogP contribution in [0, 0.1) is 0 Å². The second-order valence-electron chi connectivity index (χ2n) is 4.74. The lowest BCUT2D eigenvalue weighted by Crippen LogP contribution is -2.56. The van der Waals surface area contributed by atoms with E-state index in [1.54, 1.807) is 7.11 Å². The van der Waals surface area contributed by atoms with Crippen LogP contribution in [-0.4, -0.2) is 86.7 Å². The predicted octanol–water partition coefficient (Wildman–Crippen LogP) is -0.909. The first-order valence-electron chi connectivity index (χ1n) is 5.90. The molecule has 16 heavy (non-hydrogen) atoms. The Labute approximate surface area is 96.9 Å². The second-order valence-corrected chi connectivity index (χ2v) is 4.74. The van der Waals surface area contributed by atoms with Crippen molar-refractivity contribution in [1.29, 1.82) is 0 Å². The fraction of sp³-hybridized carbons (Fsp3) is 0.909. The standard InChI is InChI=1S/C11H21N3O2/c1-12-3-5-14(6-4-12)11(15)9-13-7-10(8-13)16-2/h10H,3-9H2,1-2H3. The van der Waals surface area contributed by atoms with E-state index in [2.05, 4.69) is 16.8 Å². The lowest BCUT2D eigenvalue weighted by Gasteiger charge is -2.39. The van der Waals surface area contributed by atoms with E-state index in [1.165, 1.54) is 0 Å². The van der Waals surface area contributed by atoms with Gasteiger partial charge < -0.3 is 14.5 Å². The third kappa shape index (κ3) is 2.72. The first-order chi connectivity index (χ1) is 7.69. The van der Waals surface area contributed by atoms with Gasteiger partial charge in [-0.1, -0.05) is 0 Å². The smallest absolute Gasteiger partial charge is 0.236 e. The van der Waals surface area contributed by atoms with Crippen LogP contribution in [0.4, 0.5) is 0 Å². The molecule has 0 saturated carbocycles. The lowest BCUT2D eigenvalue weighted by atomic mass is 10.1. The third-order valence-corrected chi connectivity index (χ3v) is 3.47. The number of nitrogens with zero attached hydrogens (tertiary/aromatic N) is 3. The summed E-state index contributed by atoms with van der Waals surface area (Å²) >= 11 is 0. The number of carbonyl (C=O) groups excluding carboxylic acids is 1. The Morgan fingerprint density at radius 3 is 2.44 bits per heavy atom. The molecule has 2 fully saturated rings. The summed E-state index contributed by atoms with van der Waals surface area (Å²) < 4.78 is 5.18. The van der Waals surface area contributed by atoms with Gasteiger partial charge in [0.1, 0.15) is 0 Å². The fourth-order valence-electron chi connectivity index (χ4n) is 2.15. The van der Waals surface area contributed by atoms with Gasteiger partial charge in [0.25, 0.3) is 0 Å². The molecule has 0 N–H and O–H groups in total. The molecule has 0 aromatic rings. The largest absolute Gasteiger partial charge is 0.379 e. The molecule has 0 atom stereocenters. The monoisotopic (exact) mass is 227 g/mol. The number of likely N-dealkylation sites (N-methyl/N-ethyl adjacent to an activating group) is 1. The zero-order valence-corrected chi connectivity index (χ0v) is 10.2. The number of rotatable bonds is 3. The summed E-state index contributed by atoms with van der Waals surface area (Å²) in [5, 5.41) is 0. The van der Waals surface area contributed by atoms with Crippen molar-refractivity contribution in [3.05, 3.63) is 0 Å². The van der Waals surface area contributed by atoms with Gasteiger partial charge in [0.05, 0.1) is 12.6 Å². The van der Waals surface area contributed by atoms with E-state index in [-0.39, 0.29) is 5.91 Å². The molecule has 0 radical (unpaired) electrons. The summed E-state index contributed by atoms with van der Waals surface area (Å²) in [7, 11) is 3.82. The molecule has 0 unspecified atom stereocenters. The van der Waals surface area contributed by atoms with Crippen LogP contribution >= 0.6 is 0 Å². The molecule has 2 aliphatic rings. The first kappa shape index (κ1) is 11.8. The number of likely N-dealkylation sites (tertiary alicyclic amines) is 1. The van der Waals surface area contributed by atoms with Crippen LogP contribution in [0.15, 0.2) is 0 Å². The summed E-state index contributed by atoms with van der Waals surface area (Å²) in [6.45, 7) is 6.09. The minimum absolute atomic E-state index is 0.266. The first-order valence-corrected chi connectivity index (χ1v) is 5.90. The number of carbonyl (C=O) groups is 1. The Kier molecular flexibility index (Phi) is 3.78. The molecular formula is C11H21N3O2. The van der Waals surface area contributed by atoms with Gasteiger partial charge in [-0.2, -0.15) is 0 Å². The van der Waals surface area contributed by atoms with Gasteiger partial charge in [-0.05, 0) is 7.05 Å². The molecule has 2 saturated heterocycles. The minimum atomic E-state index is 0.266. The van der Waals surface area contributed by atoms with Crippen LogP contribution in [0.3, 0.4) is 0 Å². The summed E-state index contributed by atoms with van der Waals surface area (Å²) in [4.78, 5) is 18.3. The number of amides is 1. The van der Waals surface area contributed by atoms with Gasteiger partial charge in [0.2, 0.25) is 5.91 Å². The molecule has 1 amide bonds. The van der Waals surface area contributed by atoms with Crippen molar-refractivity contribution in [3.8, 4) is 0 Å². The van der Waals surface area contributed by atoms with Gasteiger partial charge in [0, 0.05) is 46.4 Å². The number of hydrogen-bond donors (Lipinski definition) is 0. The highest BCUT2D eigenvalue weighted by Gasteiger charge is 2.29. The van der Waals surface area contributed by atoms with Crippen molar-refractivity contribution in [1.82, 2.24) is 14.7 Å². The Balaban J connectivity index is 1.68. The van der Waals surface area contributed by atoms with E-state index < -0.39 is 0 Å². The van der Waals surface area contributed by atoms with Crippen molar-refractivity contribution in [3.63, 3.8) is 0 Å². The fourth-order valence-corrected chi connectivity index (χ4v) is 2.15. The molecule has 0 spiro atoms. The maximum atomic E-state index is 11.9. The lowest BCUT2D eigenvalue weighted by molar-refractivity contribution is -0.137. The Hall–Kier alpha value is -0.650. The van der Waals surface area contributed by atoms with Gasteiger partial charge in [0.15, 0.2) is 0 Å². The summed E-state index contributed by atoms with van der Waals surface area (Å²) in [5.41, 5.74) is 0. The van der Waals surface area contributed by atoms with Crippen LogP contribution in [0.25, 0.3) is 0 Å². The molecule has 5 nitrogen and oxygen atoms in total. The van der Waals surface area contributed by atoms with E-state index in [0.29, 0.717) is 12.6 Å². The third-order valence-electron chi connectivity index (χ3n) is 3.47. The van der Waals surface area contributed by atoms with Crippen LogP contribution in [0.5, 0.6) is 0 Å². The van der Waals surface area contributed by atoms with Crippen LogP contribution in [0.1, 0.15) is 0 Å². The molecule has 0 aliphatic carbocycles. The molecule has 0 bridgehead atoms. The molecule has 2 heterocycles. The van der Waals surface area contributed by atoms with Crippen molar-refractivity contribution >= 4 is 5.91 Å². The highest BCUT2D eigenvalue weighted by molar-refractivity contribution is 5.78. The van der Waals surface area contributed by atoms with Crippen molar-refractivity contribution in [2.45, 2.75) is 6.10 Å². The SMILES string of the molecule is COC1CN(CC(=O)N2CCN(C)CC2)C1. The number of methoxy groups -OCH3 is 1. The Bertz CT molecular complexity index is 246. The van der Waals surface area contributed by atoms with Crippen LogP contribution in [0.2, 0.25) is 0 Å². The van der Waals surface area contributed by atoms with E-state index in [4.69, 9.17) is 4.74 Å². The highest BCUT2D eigenvalue weighted by Crippen LogP contribution is 2.11. The number of piperazine rings is 1. The van der Waals surface area contributed by atoms with Gasteiger partial charge in [-0.15, -0.1) is 0 Å². The van der Waals surface area contributed by atoms with Gasteiger partial charge in [-0.25, -0.2) is 0 Å². The Morgan fingerprint density at radius 2 is 1.88 bits per heavy atom. The summed E-state index contributed by atoms with van der Waals surface area (Å²) in [6.07, 6.45) is 0.334. The molecule has 92 valence electrons. The number of hydrogen-bond acceptors (Lipinski definition) is 4. The average molecular weight is 227 g/mol. The van der Waals surface area contributed by atoms with Gasteiger partial charge in [-0.3, -0.25) is 9.69 Å². The van der Waals surface area contributed by atoms with Crippen LogP contribution < -0.4 is 0 Å². The van der Waals surface area contributed by atoms with Crippen molar-refractivity contribution < 1.29 is 9.53 Å². The average Bonchev–Trinajstić information content (AvgIpc) is 2.23. The highest BCUT2D eigenvalue weighted by atomic mass is 16.5. The Morgan fingerprint density at radius 1 is 1.25 bits per heavy atom. The minimum Gasteiger partial charge on any atom is -0.379 e. The molecule has 5 heteroatoms. The zero-order valence-electron chi connectivity index (χ0n) is 10.2. The number of ether oxygens (including phenoxy) is 1. The van der Waals surface area contributed by atoms with E-state index in [1.807, 2.05) is 4.90 Å². The second kappa shape index (κ2) is 5.12. The van der Waals surface area contributed by atoms with Crippen molar-refractivity contribution in [2.75, 3.05) is 60.0 Å². The van der Waals surface area contributed by atoms with Gasteiger partial charge >= 0.3 is 0 Å². The topological polar surface area (TPSA) is 36.0 Å². The molecular weight excluding hydrogens is 206 g/mol. The zero-order chi connectivity index (χ0) is 11.5.